The fraction of sp³-hybridized carbons (Fsp3) is 0.409. The van der Waals surface area contributed by atoms with Gasteiger partial charge in [0.05, 0.1) is 15.2 Å². The van der Waals surface area contributed by atoms with Crippen molar-refractivity contribution >= 4 is 45.7 Å². The van der Waals surface area contributed by atoms with E-state index in [1.54, 1.807) is 26.2 Å². The highest BCUT2D eigenvalue weighted by Gasteiger charge is 2.63. The molecule has 164 valence electrons. The standard InChI is InChI=1S/C22H22INO7/c1-8(25)13-19(28)16(24(2)3)11-7-10-6-9-4-5-12(23)17(26)14(9)18(27)15(10)21(30)22(11,31)20(13)29/h4-5,10-11,16,26-27,29,31H,6-7H2,1-3H3/t10-,11-,16-,22+/m0/s1. The molecule has 8 nitrogen and oxygen atoms in total. The van der Waals surface area contributed by atoms with E-state index in [0.717, 1.165) is 6.92 Å². The van der Waals surface area contributed by atoms with Crippen molar-refractivity contribution in [1.82, 2.24) is 4.90 Å². The summed E-state index contributed by atoms with van der Waals surface area (Å²) in [5.74, 6) is -5.46. The number of Topliss-reactive ketones (excluding diaryl/α,β-unsaturated/α-hetero) is 3. The molecule has 4 rings (SSSR count). The van der Waals surface area contributed by atoms with E-state index in [2.05, 4.69) is 0 Å². The summed E-state index contributed by atoms with van der Waals surface area (Å²) in [5, 5.41) is 43.8. The lowest BCUT2D eigenvalue weighted by Crippen LogP contribution is -2.65. The third kappa shape index (κ3) is 2.82. The van der Waals surface area contributed by atoms with Gasteiger partial charge in [0.25, 0.3) is 0 Å². The third-order valence-corrected chi connectivity index (χ3v) is 7.52. The van der Waals surface area contributed by atoms with Crippen LogP contribution in [0.5, 0.6) is 5.75 Å². The van der Waals surface area contributed by atoms with Gasteiger partial charge in [-0.2, -0.15) is 0 Å². The van der Waals surface area contributed by atoms with Crippen LogP contribution in [0.15, 0.2) is 29.0 Å². The summed E-state index contributed by atoms with van der Waals surface area (Å²) in [6.45, 7) is 1.09. The molecule has 1 saturated carbocycles. The Bertz CT molecular complexity index is 1120. The first-order valence-corrected chi connectivity index (χ1v) is 10.9. The summed E-state index contributed by atoms with van der Waals surface area (Å²) in [7, 11) is 3.21. The molecule has 4 atom stereocenters. The Morgan fingerprint density at radius 3 is 2.42 bits per heavy atom. The Balaban J connectivity index is 1.98. The zero-order chi connectivity index (χ0) is 23.0. The summed E-state index contributed by atoms with van der Waals surface area (Å²) in [6, 6.07) is 2.46. The average Bonchev–Trinajstić information content (AvgIpc) is 2.67. The summed E-state index contributed by atoms with van der Waals surface area (Å²) in [6.07, 6.45) is 0.438. The molecule has 9 heteroatoms. The van der Waals surface area contributed by atoms with Crippen LogP contribution in [0.1, 0.15) is 24.5 Å². The maximum absolute atomic E-state index is 13.6. The topological polar surface area (TPSA) is 135 Å². The molecule has 0 amide bonds. The van der Waals surface area contributed by atoms with Gasteiger partial charge < -0.3 is 20.4 Å². The molecule has 4 N–H and O–H groups in total. The number of ketones is 3. The summed E-state index contributed by atoms with van der Waals surface area (Å²) in [4.78, 5) is 40.3. The van der Waals surface area contributed by atoms with Crippen LogP contribution in [0.25, 0.3) is 5.76 Å². The van der Waals surface area contributed by atoms with Gasteiger partial charge in [0, 0.05) is 11.5 Å². The molecule has 0 aromatic heterocycles. The van der Waals surface area contributed by atoms with E-state index in [9.17, 15) is 34.8 Å². The predicted octanol–water partition coefficient (Wildman–Crippen LogP) is 1.67. The zero-order valence-corrected chi connectivity index (χ0v) is 19.3. The van der Waals surface area contributed by atoms with Gasteiger partial charge in [-0.05, 0) is 74.0 Å². The van der Waals surface area contributed by atoms with Crippen molar-refractivity contribution in [1.29, 1.82) is 0 Å². The highest BCUT2D eigenvalue weighted by Crippen LogP contribution is 2.52. The predicted molar refractivity (Wildman–Crippen MR) is 118 cm³/mol. The molecule has 0 heterocycles. The van der Waals surface area contributed by atoms with E-state index >= 15 is 0 Å². The van der Waals surface area contributed by atoms with Gasteiger partial charge in [0.2, 0.25) is 5.78 Å². The van der Waals surface area contributed by atoms with Crippen LogP contribution in [0.4, 0.5) is 0 Å². The Morgan fingerprint density at radius 2 is 1.84 bits per heavy atom. The van der Waals surface area contributed by atoms with Gasteiger partial charge in [-0.3, -0.25) is 19.3 Å². The zero-order valence-electron chi connectivity index (χ0n) is 17.1. The molecule has 0 saturated heterocycles. The largest absolute Gasteiger partial charge is 0.508 e. The van der Waals surface area contributed by atoms with E-state index in [1.165, 1.54) is 4.90 Å². The van der Waals surface area contributed by atoms with Crippen molar-refractivity contribution in [2.45, 2.75) is 31.4 Å². The molecule has 0 radical (unpaired) electrons. The lowest BCUT2D eigenvalue weighted by Gasteiger charge is -2.50. The Labute approximate surface area is 192 Å². The fourth-order valence-electron chi connectivity index (χ4n) is 5.30. The summed E-state index contributed by atoms with van der Waals surface area (Å²) >= 11 is 1.91. The van der Waals surface area contributed by atoms with Crippen molar-refractivity contribution in [2.24, 2.45) is 11.8 Å². The Morgan fingerprint density at radius 1 is 1.19 bits per heavy atom. The monoisotopic (exact) mass is 539 g/mol. The van der Waals surface area contributed by atoms with Crippen molar-refractivity contribution in [3.05, 3.63) is 43.7 Å². The van der Waals surface area contributed by atoms with Gasteiger partial charge in [-0.1, -0.05) is 6.07 Å². The highest BCUT2D eigenvalue weighted by atomic mass is 127. The number of hydrogen-bond donors (Lipinski definition) is 4. The molecule has 1 fully saturated rings. The molecule has 1 aromatic rings. The van der Waals surface area contributed by atoms with Crippen molar-refractivity contribution in [2.75, 3.05) is 14.1 Å². The number of aliphatic hydroxyl groups is 3. The average molecular weight is 539 g/mol. The number of hydrogen-bond acceptors (Lipinski definition) is 8. The molecule has 3 aliphatic rings. The van der Waals surface area contributed by atoms with E-state index in [1.807, 2.05) is 22.6 Å². The van der Waals surface area contributed by atoms with Gasteiger partial charge in [0.1, 0.15) is 22.8 Å². The Hall–Kier alpha value is -2.24. The SMILES string of the molecule is CC(=O)C1=C(O)[C@@]2(O)C(=O)C3=C(O)c4c(ccc(I)c4O)C[C@H]3C[C@H]2[C@H](N(C)C)C1=O. The first-order chi connectivity index (χ1) is 14.4. The smallest absolute Gasteiger partial charge is 0.202 e. The highest BCUT2D eigenvalue weighted by molar-refractivity contribution is 14.1. The number of halogens is 1. The lowest BCUT2D eigenvalue weighted by molar-refractivity contribution is -0.153. The molecule has 0 spiro atoms. The van der Waals surface area contributed by atoms with Gasteiger partial charge >= 0.3 is 0 Å². The number of aliphatic hydroxyl groups excluding tert-OH is 2. The quantitative estimate of drug-likeness (QED) is 0.330. The van der Waals surface area contributed by atoms with Crippen molar-refractivity contribution < 1.29 is 34.8 Å². The van der Waals surface area contributed by atoms with Crippen LogP contribution in [0.3, 0.4) is 0 Å². The normalized spacial score (nSPS) is 30.3. The lowest BCUT2D eigenvalue weighted by atomic mass is 9.57. The van der Waals surface area contributed by atoms with Crippen LogP contribution < -0.4 is 0 Å². The molecule has 0 aliphatic heterocycles. The Kier molecular flexibility index (Phi) is 5.06. The van der Waals surface area contributed by atoms with E-state index < -0.39 is 57.9 Å². The van der Waals surface area contributed by atoms with Crippen LogP contribution in [-0.2, 0) is 20.8 Å². The van der Waals surface area contributed by atoms with E-state index in [0.29, 0.717) is 15.6 Å². The number of nitrogens with zero attached hydrogens (tertiary/aromatic N) is 1. The molecule has 31 heavy (non-hydrogen) atoms. The second-order valence-electron chi connectivity index (χ2n) is 8.58. The van der Waals surface area contributed by atoms with Gasteiger partial charge in [-0.25, -0.2) is 0 Å². The molecule has 1 aromatic carbocycles. The molecular weight excluding hydrogens is 517 g/mol. The molecule has 0 unspecified atom stereocenters. The van der Waals surface area contributed by atoms with Crippen molar-refractivity contribution in [3.8, 4) is 5.75 Å². The summed E-state index contributed by atoms with van der Waals surface area (Å²) in [5.41, 5.74) is -2.46. The minimum absolute atomic E-state index is 0.107. The van der Waals surface area contributed by atoms with Crippen LogP contribution in [-0.4, -0.2) is 68.4 Å². The molecule has 3 aliphatic carbocycles. The number of fused-ring (bicyclic) bond motifs is 3. The number of aromatic hydroxyl groups is 1. The van der Waals surface area contributed by atoms with Crippen LogP contribution >= 0.6 is 22.6 Å². The number of benzene rings is 1. The molecular formula is C22H22INO7. The number of phenols is 1. The maximum atomic E-state index is 13.6. The van der Waals surface area contributed by atoms with Gasteiger partial charge in [0.15, 0.2) is 17.2 Å². The second-order valence-corrected chi connectivity index (χ2v) is 9.75. The van der Waals surface area contributed by atoms with Gasteiger partial charge in [-0.15, -0.1) is 0 Å². The second kappa shape index (κ2) is 7.14. The summed E-state index contributed by atoms with van der Waals surface area (Å²) < 4.78 is 0.486. The fourth-order valence-corrected chi connectivity index (χ4v) is 5.74. The van der Waals surface area contributed by atoms with E-state index in [4.69, 9.17) is 0 Å². The van der Waals surface area contributed by atoms with E-state index in [-0.39, 0.29) is 23.3 Å². The first-order valence-electron chi connectivity index (χ1n) is 9.79. The number of carbonyl (C=O) groups excluding carboxylic acids is 3. The number of phenolic OH excluding ortho intramolecular Hbond substituents is 1. The molecule has 0 bridgehead atoms. The van der Waals surface area contributed by atoms with Crippen LogP contribution in [0, 0.1) is 15.4 Å². The third-order valence-electron chi connectivity index (χ3n) is 6.65. The maximum Gasteiger partial charge on any atom is 0.202 e. The number of carbonyl (C=O) groups is 3. The number of rotatable bonds is 2. The first kappa shape index (κ1) is 22.0. The minimum atomic E-state index is -2.53. The van der Waals surface area contributed by atoms with Crippen molar-refractivity contribution in [3.63, 3.8) is 0 Å². The van der Waals surface area contributed by atoms with Crippen LogP contribution in [0.2, 0.25) is 0 Å². The minimum Gasteiger partial charge on any atom is -0.508 e. The number of likely N-dealkylation sites (N-methyl/N-ethyl adjacent to an activating group) is 1.